The minimum Gasteiger partial charge on any atom is -0.383 e. The summed E-state index contributed by atoms with van der Waals surface area (Å²) in [5, 5.41) is 8.92. The quantitative estimate of drug-likeness (QED) is 0.637. The van der Waals surface area contributed by atoms with E-state index >= 15 is 0 Å². The van der Waals surface area contributed by atoms with Crippen molar-refractivity contribution in [3.63, 3.8) is 0 Å². The minimum absolute atomic E-state index is 0.214. The molecule has 0 aromatic carbocycles. The summed E-state index contributed by atoms with van der Waals surface area (Å²) in [5.41, 5.74) is 6.80. The third-order valence-electron chi connectivity index (χ3n) is 3.83. The van der Waals surface area contributed by atoms with Crippen LogP contribution in [0.4, 0.5) is 0 Å². The van der Waals surface area contributed by atoms with Gasteiger partial charge in [0.25, 0.3) is 0 Å². The van der Waals surface area contributed by atoms with Crippen LogP contribution in [-0.4, -0.2) is 10.8 Å². The third kappa shape index (κ3) is 2.23. The second-order valence-corrected chi connectivity index (χ2v) is 6.32. The van der Waals surface area contributed by atoms with E-state index in [1.165, 1.54) is 50.0 Å². The summed E-state index contributed by atoms with van der Waals surface area (Å²) in [4.78, 5) is 5.77. The predicted molar refractivity (Wildman–Crippen MR) is 70.9 cm³/mol. The molecule has 0 aliphatic heterocycles. The third-order valence-corrected chi connectivity index (χ3v) is 5.10. The Kier molecular flexibility index (Phi) is 2.90. The number of nitrogens with one attached hydrogen (secondary N) is 1. The van der Waals surface area contributed by atoms with E-state index in [1.807, 2.05) is 0 Å². The molecule has 92 valence electrons. The Morgan fingerprint density at radius 1 is 1.12 bits per heavy atom. The smallest absolute Gasteiger partial charge is 0.135 e. The largest absolute Gasteiger partial charge is 0.383 e. The minimum atomic E-state index is 0.214. The van der Waals surface area contributed by atoms with Gasteiger partial charge < -0.3 is 5.73 Å². The number of hydrogen-bond donors (Lipinski definition) is 2. The van der Waals surface area contributed by atoms with Gasteiger partial charge in [0, 0.05) is 11.8 Å². The van der Waals surface area contributed by atoms with E-state index in [9.17, 15) is 0 Å². The number of rotatable bonds is 3. The second-order valence-electron chi connectivity index (χ2n) is 5.29. The van der Waals surface area contributed by atoms with Gasteiger partial charge in [0.2, 0.25) is 0 Å². The summed E-state index contributed by atoms with van der Waals surface area (Å²) in [6, 6.07) is 0. The van der Waals surface area contributed by atoms with E-state index in [4.69, 9.17) is 16.1 Å². The Morgan fingerprint density at radius 2 is 1.82 bits per heavy atom. The van der Waals surface area contributed by atoms with Gasteiger partial charge in [-0.2, -0.15) is 0 Å². The van der Waals surface area contributed by atoms with Crippen LogP contribution in [0.25, 0.3) is 0 Å². The molecule has 3 nitrogen and oxygen atoms in total. The van der Waals surface area contributed by atoms with Crippen molar-refractivity contribution in [1.82, 2.24) is 4.98 Å². The van der Waals surface area contributed by atoms with Gasteiger partial charge >= 0.3 is 0 Å². The molecule has 0 unspecified atom stereocenters. The van der Waals surface area contributed by atoms with Crippen LogP contribution in [0.15, 0.2) is 0 Å². The highest BCUT2D eigenvalue weighted by atomic mass is 32.1. The average molecular weight is 249 g/mol. The zero-order chi connectivity index (χ0) is 11.8. The van der Waals surface area contributed by atoms with Crippen molar-refractivity contribution in [3.05, 3.63) is 15.6 Å². The lowest BCUT2D eigenvalue weighted by molar-refractivity contribution is 0.442. The Morgan fingerprint density at radius 3 is 2.41 bits per heavy atom. The van der Waals surface area contributed by atoms with Gasteiger partial charge in [-0.3, -0.25) is 5.41 Å². The molecule has 0 amide bonds. The maximum Gasteiger partial charge on any atom is 0.135 e. The van der Waals surface area contributed by atoms with E-state index in [0.29, 0.717) is 11.8 Å². The summed E-state index contributed by atoms with van der Waals surface area (Å²) in [7, 11) is 0. The Balaban J connectivity index is 1.89. The summed E-state index contributed by atoms with van der Waals surface area (Å²) < 4.78 is 0. The second kappa shape index (κ2) is 4.41. The fourth-order valence-corrected chi connectivity index (χ4v) is 3.88. The first-order valence-electron chi connectivity index (χ1n) is 6.60. The molecule has 2 saturated carbocycles. The van der Waals surface area contributed by atoms with Gasteiger partial charge in [0.05, 0.1) is 15.6 Å². The van der Waals surface area contributed by atoms with Crippen molar-refractivity contribution >= 4 is 17.2 Å². The van der Waals surface area contributed by atoms with E-state index < -0.39 is 0 Å². The van der Waals surface area contributed by atoms with Crippen molar-refractivity contribution in [2.45, 2.75) is 56.8 Å². The zero-order valence-electron chi connectivity index (χ0n) is 10.0. The van der Waals surface area contributed by atoms with Gasteiger partial charge in [0.1, 0.15) is 5.84 Å². The molecule has 1 aromatic rings. The van der Waals surface area contributed by atoms with Crippen LogP contribution < -0.4 is 5.73 Å². The van der Waals surface area contributed by atoms with Gasteiger partial charge in [-0.1, -0.05) is 19.3 Å². The highest BCUT2D eigenvalue weighted by molar-refractivity contribution is 7.14. The SMILES string of the molecule is N=C(N)c1sc(C2CCCCC2)nc1C1CC1. The van der Waals surface area contributed by atoms with Crippen molar-refractivity contribution < 1.29 is 0 Å². The maximum atomic E-state index is 7.67. The first-order chi connectivity index (χ1) is 8.25. The molecular formula is C13H19N3S. The van der Waals surface area contributed by atoms with Crippen molar-refractivity contribution in [3.8, 4) is 0 Å². The zero-order valence-corrected chi connectivity index (χ0v) is 10.9. The molecule has 0 saturated heterocycles. The van der Waals surface area contributed by atoms with Crippen LogP contribution in [0.5, 0.6) is 0 Å². The van der Waals surface area contributed by atoms with Crippen molar-refractivity contribution in [1.29, 1.82) is 5.41 Å². The molecule has 4 heteroatoms. The first kappa shape index (κ1) is 11.2. The molecule has 1 heterocycles. The molecule has 1 aromatic heterocycles. The van der Waals surface area contributed by atoms with E-state index in [0.717, 1.165) is 10.6 Å². The lowest BCUT2D eigenvalue weighted by Gasteiger charge is -2.18. The number of amidine groups is 1. The normalized spacial score (nSPS) is 21.6. The molecule has 2 aliphatic carbocycles. The van der Waals surface area contributed by atoms with Gasteiger partial charge in [-0.15, -0.1) is 11.3 Å². The first-order valence-corrected chi connectivity index (χ1v) is 7.42. The van der Waals surface area contributed by atoms with E-state index in [-0.39, 0.29) is 5.84 Å². The van der Waals surface area contributed by atoms with Crippen LogP contribution in [0.2, 0.25) is 0 Å². The molecule has 0 spiro atoms. The molecule has 2 fully saturated rings. The van der Waals surface area contributed by atoms with Crippen LogP contribution >= 0.6 is 11.3 Å². The van der Waals surface area contributed by atoms with E-state index in [2.05, 4.69) is 0 Å². The summed E-state index contributed by atoms with van der Waals surface area (Å²) in [6.07, 6.45) is 9.04. The molecule has 0 radical (unpaired) electrons. The van der Waals surface area contributed by atoms with Crippen LogP contribution in [0.3, 0.4) is 0 Å². The van der Waals surface area contributed by atoms with Crippen molar-refractivity contribution in [2.75, 3.05) is 0 Å². The highest BCUT2D eigenvalue weighted by Gasteiger charge is 2.32. The standard InChI is InChI=1S/C13H19N3S/c14-12(15)11-10(8-6-7-8)16-13(17-11)9-4-2-1-3-5-9/h8-9H,1-7H2,(H3,14,15). The fraction of sp³-hybridized carbons (Fsp3) is 0.692. The number of aromatic nitrogens is 1. The number of hydrogen-bond acceptors (Lipinski definition) is 3. The van der Waals surface area contributed by atoms with Gasteiger partial charge in [-0.25, -0.2) is 4.98 Å². The summed E-state index contributed by atoms with van der Waals surface area (Å²) in [6.45, 7) is 0. The highest BCUT2D eigenvalue weighted by Crippen LogP contribution is 2.44. The molecule has 3 rings (SSSR count). The van der Waals surface area contributed by atoms with Gasteiger partial charge in [0.15, 0.2) is 0 Å². The topological polar surface area (TPSA) is 62.8 Å². The number of nitrogen functional groups attached to an aromatic ring is 1. The molecule has 2 aliphatic rings. The monoisotopic (exact) mass is 249 g/mol. The van der Waals surface area contributed by atoms with E-state index in [1.54, 1.807) is 11.3 Å². The number of nitrogens with two attached hydrogens (primary N) is 1. The molecule has 3 N–H and O–H groups in total. The van der Waals surface area contributed by atoms with Crippen LogP contribution in [0.1, 0.15) is 72.4 Å². The molecule has 17 heavy (non-hydrogen) atoms. The lowest BCUT2D eigenvalue weighted by atomic mass is 9.90. The Bertz CT molecular complexity index is 428. The summed E-state index contributed by atoms with van der Waals surface area (Å²) in [5.74, 6) is 1.45. The Labute approximate surface area is 106 Å². The average Bonchev–Trinajstić information content (AvgIpc) is 3.09. The number of thiazole rings is 1. The lowest BCUT2D eigenvalue weighted by Crippen LogP contribution is -2.11. The maximum absolute atomic E-state index is 7.67. The van der Waals surface area contributed by atoms with Gasteiger partial charge in [-0.05, 0) is 25.7 Å². The molecule has 0 atom stereocenters. The van der Waals surface area contributed by atoms with Crippen molar-refractivity contribution in [2.24, 2.45) is 5.73 Å². The predicted octanol–water partition coefficient (Wildman–Crippen LogP) is 3.35. The fourth-order valence-electron chi connectivity index (χ4n) is 2.70. The van der Waals surface area contributed by atoms with Crippen LogP contribution in [0, 0.1) is 5.41 Å². The summed E-state index contributed by atoms with van der Waals surface area (Å²) >= 11 is 1.68. The van der Waals surface area contributed by atoms with Crippen LogP contribution in [-0.2, 0) is 0 Å². The molecular weight excluding hydrogens is 230 g/mol. The Hall–Kier alpha value is -0.900. The number of nitrogens with zero attached hydrogens (tertiary/aromatic N) is 1. The molecule has 0 bridgehead atoms.